The minimum absolute atomic E-state index is 0.0577. The number of alkyl halides is 3. The van der Waals surface area contributed by atoms with E-state index in [-0.39, 0.29) is 12.1 Å². The van der Waals surface area contributed by atoms with Gasteiger partial charge in [-0.05, 0) is 31.0 Å². The molecule has 0 spiro atoms. The van der Waals surface area contributed by atoms with Gasteiger partial charge in [-0.2, -0.15) is 13.2 Å². The van der Waals surface area contributed by atoms with E-state index in [1.807, 2.05) is 11.8 Å². The Labute approximate surface area is 164 Å². The molecule has 0 unspecified atom stereocenters. The molecule has 9 heteroatoms. The second-order valence-electron chi connectivity index (χ2n) is 6.41. The molecule has 0 aromatic heterocycles. The molecular formula is C19H29F3N4O2. The van der Waals surface area contributed by atoms with Crippen molar-refractivity contribution in [2.24, 2.45) is 4.99 Å². The van der Waals surface area contributed by atoms with Crippen molar-refractivity contribution < 1.29 is 22.6 Å². The Balaban J connectivity index is 2.15. The van der Waals surface area contributed by atoms with Crippen molar-refractivity contribution >= 4 is 11.6 Å². The Morgan fingerprint density at radius 3 is 2.64 bits per heavy atom. The summed E-state index contributed by atoms with van der Waals surface area (Å²) in [6.07, 6.45) is -3.65. The van der Waals surface area contributed by atoms with Crippen LogP contribution in [0.3, 0.4) is 0 Å². The normalized spacial score (nSPS) is 15.6. The number of hydrogen-bond acceptors (Lipinski definition) is 4. The van der Waals surface area contributed by atoms with E-state index >= 15 is 0 Å². The Bertz CT molecular complexity index is 632. The monoisotopic (exact) mass is 402 g/mol. The Morgan fingerprint density at radius 2 is 2.00 bits per heavy atom. The number of anilines is 1. The highest BCUT2D eigenvalue weighted by molar-refractivity contribution is 5.79. The molecule has 2 rings (SSSR count). The van der Waals surface area contributed by atoms with E-state index in [0.29, 0.717) is 57.6 Å². The van der Waals surface area contributed by atoms with Gasteiger partial charge in [-0.3, -0.25) is 0 Å². The van der Waals surface area contributed by atoms with Crippen LogP contribution >= 0.6 is 0 Å². The van der Waals surface area contributed by atoms with Crippen LogP contribution in [0.5, 0.6) is 0 Å². The van der Waals surface area contributed by atoms with Gasteiger partial charge in [0.25, 0.3) is 0 Å². The average molecular weight is 402 g/mol. The molecule has 2 N–H and O–H groups in total. The summed E-state index contributed by atoms with van der Waals surface area (Å²) in [6.45, 7) is 5.92. The number of halogens is 3. The lowest BCUT2D eigenvalue weighted by Gasteiger charge is -2.29. The van der Waals surface area contributed by atoms with Gasteiger partial charge in [-0.15, -0.1) is 0 Å². The van der Waals surface area contributed by atoms with E-state index in [0.717, 1.165) is 6.42 Å². The van der Waals surface area contributed by atoms with E-state index in [1.165, 1.54) is 12.1 Å². The molecule has 0 amide bonds. The number of ether oxygens (including phenoxy) is 2. The molecule has 0 bridgehead atoms. The SMILES string of the molecule is CCNC(=NCc1ccc(N2CCOCC2)cc1C(F)(F)F)NCCCOC. The molecule has 1 saturated heterocycles. The van der Waals surface area contributed by atoms with Gasteiger partial charge in [0, 0.05) is 45.6 Å². The summed E-state index contributed by atoms with van der Waals surface area (Å²) in [7, 11) is 1.62. The lowest BCUT2D eigenvalue weighted by molar-refractivity contribution is -0.138. The maximum Gasteiger partial charge on any atom is 0.416 e. The summed E-state index contributed by atoms with van der Waals surface area (Å²) < 4.78 is 51.1. The number of nitrogens with one attached hydrogen (secondary N) is 2. The van der Waals surface area contributed by atoms with Crippen LogP contribution in [0, 0.1) is 0 Å². The van der Waals surface area contributed by atoms with Crippen molar-refractivity contribution in [1.82, 2.24) is 10.6 Å². The van der Waals surface area contributed by atoms with Gasteiger partial charge in [0.1, 0.15) is 0 Å². The number of nitrogens with zero attached hydrogens (tertiary/aromatic N) is 2. The predicted molar refractivity (Wildman–Crippen MR) is 104 cm³/mol. The Morgan fingerprint density at radius 1 is 1.25 bits per heavy atom. The zero-order chi connectivity index (χ0) is 20.4. The van der Waals surface area contributed by atoms with Crippen LogP contribution in [-0.4, -0.2) is 59.1 Å². The van der Waals surface area contributed by atoms with E-state index in [9.17, 15) is 13.2 Å². The topological polar surface area (TPSA) is 58.1 Å². The number of rotatable bonds is 8. The van der Waals surface area contributed by atoms with Gasteiger partial charge in [0.2, 0.25) is 0 Å². The maximum absolute atomic E-state index is 13.6. The predicted octanol–water partition coefficient (Wildman–Crippen LogP) is 2.63. The highest BCUT2D eigenvalue weighted by Crippen LogP contribution is 2.35. The number of guanidine groups is 1. The van der Waals surface area contributed by atoms with E-state index in [4.69, 9.17) is 9.47 Å². The highest BCUT2D eigenvalue weighted by Gasteiger charge is 2.34. The van der Waals surface area contributed by atoms with Crippen molar-refractivity contribution in [1.29, 1.82) is 0 Å². The number of methoxy groups -OCH3 is 1. The fourth-order valence-corrected chi connectivity index (χ4v) is 2.91. The van der Waals surface area contributed by atoms with Gasteiger partial charge in [-0.25, -0.2) is 4.99 Å². The molecular weight excluding hydrogens is 373 g/mol. The second-order valence-corrected chi connectivity index (χ2v) is 6.41. The van der Waals surface area contributed by atoms with Crippen molar-refractivity contribution in [2.75, 3.05) is 58.0 Å². The average Bonchev–Trinajstić information content (AvgIpc) is 2.69. The van der Waals surface area contributed by atoms with Crippen LogP contribution in [0.25, 0.3) is 0 Å². The molecule has 0 aliphatic carbocycles. The number of hydrogen-bond donors (Lipinski definition) is 2. The largest absolute Gasteiger partial charge is 0.416 e. The van der Waals surface area contributed by atoms with Crippen molar-refractivity contribution in [3.63, 3.8) is 0 Å². The summed E-state index contributed by atoms with van der Waals surface area (Å²) >= 11 is 0. The first-order valence-corrected chi connectivity index (χ1v) is 9.49. The third kappa shape index (κ3) is 6.87. The van der Waals surface area contributed by atoms with Crippen molar-refractivity contribution in [2.45, 2.75) is 26.1 Å². The minimum Gasteiger partial charge on any atom is -0.385 e. The summed E-state index contributed by atoms with van der Waals surface area (Å²) in [6, 6.07) is 4.46. The fraction of sp³-hybridized carbons (Fsp3) is 0.632. The first kappa shape index (κ1) is 22.3. The zero-order valence-electron chi connectivity index (χ0n) is 16.4. The third-order valence-electron chi connectivity index (χ3n) is 4.34. The van der Waals surface area contributed by atoms with Crippen molar-refractivity contribution in [3.8, 4) is 0 Å². The molecule has 1 aromatic carbocycles. The molecule has 0 radical (unpaired) electrons. The standard InChI is InChI=1S/C19H29F3N4O2/c1-3-23-18(24-7-4-10-27-2)25-14-15-5-6-16(13-17(15)19(20,21)22)26-8-11-28-12-9-26/h5-6,13H,3-4,7-12,14H2,1-2H3,(H2,23,24,25). The van der Waals surface area contributed by atoms with E-state index in [1.54, 1.807) is 13.2 Å². The minimum atomic E-state index is -4.43. The smallest absolute Gasteiger partial charge is 0.385 e. The molecule has 1 aliphatic rings. The third-order valence-corrected chi connectivity index (χ3v) is 4.34. The Hall–Kier alpha value is -2.00. The molecule has 1 heterocycles. The Kier molecular flexibility index (Phi) is 8.85. The molecule has 0 atom stereocenters. The van der Waals surface area contributed by atoms with Crippen LogP contribution in [0.2, 0.25) is 0 Å². The summed E-state index contributed by atoms with van der Waals surface area (Å²) in [5.41, 5.74) is 0.0713. The maximum atomic E-state index is 13.6. The molecule has 0 saturated carbocycles. The van der Waals surface area contributed by atoms with Crippen LogP contribution in [0.4, 0.5) is 18.9 Å². The number of morpholine rings is 1. The lowest BCUT2D eigenvalue weighted by atomic mass is 10.1. The first-order chi connectivity index (χ1) is 13.5. The first-order valence-electron chi connectivity index (χ1n) is 9.49. The van der Waals surface area contributed by atoms with Gasteiger partial charge < -0.3 is 25.0 Å². The molecule has 28 heavy (non-hydrogen) atoms. The van der Waals surface area contributed by atoms with Crippen LogP contribution in [-0.2, 0) is 22.2 Å². The second kappa shape index (κ2) is 11.1. The molecule has 1 aromatic rings. The van der Waals surface area contributed by atoms with Gasteiger partial charge >= 0.3 is 6.18 Å². The summed E-state index contributed by atoms with van der Waals surface area (Å²) in [5.74, 6) is 0.490. The molecule has 6 nitrogen and oxygen atoms in total. The quantitative estimate of drug-likeness (QED) is 0.398. The molecule has 1 aliphatic heterocycles. The van der Waals surface area contributed by atoms with Crippen LogP contribution in [0.15, 0.2) is 23.2 Å². The number of aliphatic imine (C=N–C) groups is 1. The zero-order valence-corrected chi connectivity index (χ0v) is 16.4. The van der Waals surface area contributed by atoms with Crippen LogP contribution < -0.4 is 15.5 Å². The van der Waals surface area contributed by atoms with Gasteiger partial charge in [-0.1, -0.05) is 6.07 Å². The van der Waals surface area contributed by atoms with Gasteiger partial charge in [0.05, 0.1) is 25.3 Å². The van der Waals surface area contributed by atoms with Crippen LogP contribution in [0.1, 0.15) is 24.5 Å². The van der Waals surface area contributed by atoms with Gasteiger partial charge in [0.15, 0.2) is 5.96 Å². The molecule has 1 fully saturated rings. The van der Waals surface area contributed by atoms with Crippen molar-refractivity contribution in [3.05, 3.63) is 29.3 Å². The lowest BCUT2D eigenvalue weighted by Crippen LogP contribution is -2.38. The summed E-state index contributed by atoms with van der Waals surface area (Å²) in [5, 5.41) is 6.15. The highest BCUT2D eigenvalue weighted by atomic mass is 19.4. The molecule has 158 valence electrons. The van der Waals surface area contributed by atoms with E-state index < -0.39 is 11.7 Å². The number of benzene rings is 1. The fourth-order valence-electron chi connectivity index (χ4n) is 2.91. The van der Waals surface area contributed by atoms with E-state index in [2.05, 4.69) is 15.6 Å². The summed E-state index contributed by atoms with van der Waals surface area (Å²) in [4.78, 5) is 6.23.